The fourth-order valence-electron chi connectivity index (χ4n) is 3.82. The summed E-state index contributed by atoms with van der Waals surface area (Å²) in [6.07, 6.45) is 0.806. The molecule has 0 bridgehead atoms. The van der Waals surface area contributed by atoms with Crippen LogP contribution in [0.2, 0.25) is 0 Å². The highest BCUT2D eigenvalue weighted by Gasteiger charge is 2.23. The molecule has 2 aromatic carbocycles. The first kappa shape index (κ1) is 20.5. The van der Waals surface area contributed by atoms with Crippen LogP contribution in [0.1, 0.15) is 16.7 Å². The monoisotopic (exact) mass is 424 g/mol. The van der Waals surface area contributed by atoms with Gasteiger partial charge in [0.05, 0.1) is 17.3 Å². The molecule has 0 atom stereocenters. The summed E-state index contributed by atoms with van der Waals surface area (Å²) in [6.45, 7) is 7.92. The number of benzene rings is 2. The van der Waals surface area contributed by atoms with E-state index < -0.39 is 0 Å². The molecule has 3 aromatic rings. The number of carbonyl (C=O) groups is 1. The fourth-order valence-corrected chi connectivity index (χ4v) is 4.89. The summed E-state index contributed by atoms with van der Waals surface area (Å²) in [5.41, 5.74) is 4.78. The van der Waals surface area contributed by atoms with Crippen molar-refractivity contribution in [2.24, 2.45) is 0 Å². The van der Waals surface area contributed by atoms with Crippen LogP contribution in [0, 0.1) is 13.8 Å². The van der Waals surface area contributed by atoms with Crippen molar-refractivity contribution in [3.05, 3.63) is 53.1 Å². The predicted molar refractivity (Wildman–Crippen MR) is 123 cm³/mol. The van der Waals surface area contributed by atoms with Gasteiger partial charge in [0.2, 0.25) is 0 Å². The number of hydrogen-bond donors (Lipinski definition) is 1. The Hall–Kier alpha value is -2.80. The highest BCUT2D eigenvalue weighted by Crippen LogP contribution is 2.32. The van der Waals surface area contributed by atoms with E-state index in [9.17, 15) is 4.79 Å². The van der Waals surface area contributed by atoms with Gasteiger partial charge in [-0.1, -0.05) is 29.5 Å². The van der Waals surface area contributed by atoms with Crippen LogP contribution >= 0.6 is 11.3 Å². The fraction of sp³-hybridized carbons (Fsp3) is 0.391. The number of thiazole rings is 1. The van der Waals surface area contributed by atoms with Gasteiger partial charge in [-0.05, 0) is 55.2 Å². The first-order valence-electron chi connectivity index (χ1n) is 10.3. The van der Waals surface area contributed by atoms with E-state index in [-0.39, 0.29) is 6.03 Å². The first-order valence-corrected chi connectivity index (χ1v) is 11.1. The Morgan fingerprint density at radius 3 is 2.57 bits per heavy atom. The molecule has 0 spiro atoms. The second-order valence-electron chi connectivity index (χ2n) is 7.73. The second-order valence-corrected chi connectivity index (χ2v) is 8.71. The molecule has 4 rings (SSSR count). The summed E-state index contributed by atoms with van der Waals surface area (Å²) in [7, 11) is 1.66. The van der Waals surface area contributed by atoms with Crippen LogP contribution in [0.15, 0.2) is 36.4 Å². The molecular formula is C23H28N4O2S. The van der Waals surface area contributed by atoms with Gasteiger partial charge in [0.15, 0.2) is 5.13 Å². The van der Waals surface area contributed by atoms with Gasteiger partial charge in [0.1, 0.15) is 5.75 Å². The number of fused-ring (bicyclic) bond motifs is 1. The number of ether oxygens (including phenoxy) is 1. The van der Waals surface area contributed by atoms with Crippen LogP contribution in [0.5, 0.6) is 5.75 Å². The maximum Gasteiger partial charge on any atom is 0.317 e. The summed E-state index contributed by atoms with van der Waals surface area (Å²) < 4.78 is 6.43. The Morgan fingerprint density at radius 1 is 1.13 bits per heavy atom. The van der Waals surface area contributed by atoms with E-state index in [0.29, 0.717) is 19.6 Å². The largest absolute Gasteiger partial charge is 0.497 e. The molecule has 1 aromatic heterocycles. The van der Waals surface area contributed by atoms with Crippen molar-refractivity contribution < 1.29 is 9.53 Å². The van der Waals surface area contributed by atoms with Crippen LogP contribution in [0.3, 0.4) is 0 Å². The zero-order chi connectivity index (χ0) is 21.1. The van der Waals surface area contributed by atoms with Crippen LogP contribution < -0.4 is 15.0 Å². The van der Waals surface area contributed by atoms with Crippen LogP contribution in [0.25, 0.3) is 10.2 Å². The maximum atomic E-state index is 12.5. The van der Waals surface area contributed by atoms with Gasteiger partial charge < -0.3 is 19.9 Å². The molecule has 0 aliphatic carbocycles. The number of aryl methyl sites for hydroxylation is 2. The van der Waals surface area contributed by atoms with Crippen molar-refractivity contribution >= 4 is 32.7 Å². The van der Waals surface area contributed by atoms with Gasteiger partial charge in [-0.3, -0.25) is 0 Å². The molecule has 1 fully saturated rings. The van der Waals surface area contributed by atoms with Crippen molar-refractivity contribution in [1.82, 2.24) is 15.2 Å². The number of anilines is 1. The number of rotatable bonds is 5. The van der Waals surface area contributed by atoms with Crippen LogP contribution in [-0.4, -0.2) is 55.7 Å². The zero-order valence-corrected chi connectivity index (χ0v) is 18.6. The van der Waals surface area contributed by atoms with Crippen molar-refractivity contribution in [1.29, 1.82) is 0 Å². The van der Waals surface area contributed by atoms with Gasteiger partial charge in [-0.25, -0.2) is 9.78 Å². The van der Waals surface area contributed by atoms with Gasteiger partial charge in [-0.2, -0.15) is 0 Å². The normalized spacial score (nSPS) is 14.2. The van der Waals surface area contributed by atoms with Gasteiger partial charge >= 0.3 is 6.03 Å². The Balaban J connectivity index is 1.27. The predicted octanol–water partition coefficient (Wildman–Crippen LogP) is 4.00. The molecule has 7 heteroatoms. The zero-order valence-electron chi connectivity index (χ0n) is 17.8. The number of amides is 2. The minimum absolute atomic E-state index is 0.0129. The van der Waals surface area contributed by atoms with E-state index in [0.717, 1.165) is 35.9 Å². The highest BCUT2D eigenvalue weighted by molar-refractivity contribution is 7.22. The van der Waals surface area contributed by atoms with E-state index in [4.69, 9.17) is 9.72 Å². The van der Waals surface area contributed by atoms with Gasteiger partial charge in [0.25, 0.3) is 0 Å². The Bertz CT molecular complexity index is 1020. The van der Waals surface area contributed by atoms with Crippen molar-refractivity contribution in [2.75, 3.05) is 44.7 Å². The minimum Gasteiger partial charge on any atom is -0.497 e. The third-order valence-electron chi connectivity index (χ3n) is 5.50. The third kappa shape index (κ3) is 4.51. The number of nitrogens with zero attached hydrogens (tertiary/aromatic N) is 3. The summed E-state index contributed by atoms with van der Waals surface area (Å²) in [4.78, 5) is 21.5. The molecular weight excluding hydrogens is 396 g/mol. The number of hydrogen-bond acceptors (Lipinski definition) is 5. The molecule has 158 valence electrons. The second kappa shape index (κ2) is 8.92. The van der Waals surface area contributed by atoms with Crippen molar-refractivity contribution in [3.63, 3.8) is 0 Å². The van der Waals surface area contributed by atoms with Crippen LogP contribution in [-0.2, 0) is 6.42 Å². The molecule has 30 heavy (non-hydrogen) atoms. The standard InChI is InChI=1S/C23H28N4O2S/c1-16-14-17(2)21-20(15-16)25-23(30-21)27-12-10-26(11-13-27)22(28)24-9-8-18-4-6-19(29-3)7-5-18/h4-7,14-15H,8-13H2,1-3H3,(H,24,28). The average molecular weight is 425 g/mol. The van der Waals surface area contributed by atoms with E-state index in [2.05, 4.69) is 36.2 Å². The molecule has 1 N–H and O–H groups in total. The van der Waals surface area contributed by atoms with Gasteiger partial charge in [-0.15, -0.1) is 0 Å². The maximum absolute atomic E-state index is 12.5. The Kier molecular flexibility index (Phi) is 6.08. The van der Waals surface area contributed by atoms with Crippen LogP contribution in [0.4, 0.5) is 9.93 Å². The van der Waals surface area contributed by atoms with Crippen molar-refractivity contribution in [2.45, 2.75) is 20.3 Å². The van der Waals surface area contributed by atoms with E-state index in [1.807, 2.05) is 29.2 Å². The lowest BCUT2D eigenvalue weighted by Crippen LogP contribution is -2.52. The van der Waals surface area contributed by atoms with Gasteiger partial charge in [0, 0.05) is 32.7 Å². The lowest BCUT2D eigenvalue weighted by molar-refractivity contribution is 0.194. The third-order valence-corrected chi connectivity index (χ3v) is 6.76. The molecule has 0 unspecified atom stereocenters. The lowest BCUT2D eigenvalue weighted by atomic mass is 10.1. The summed E-state index contributed by atoms with van der Waals surface area (Å²) >= 11 is 1.75. The highest BCUT2D eigenvalue weighted by atomic mass is 32.1. The number of carbonyl (C=O) groups excluding carboxylic acids is 1. The average Bonchev–Trinajstić information content (AvgIpc) is 3.19. The molecule has 1 saturated heterocycles. The molecule has 2 heterocycles. The van der Waals surface area contributed by atoms with Crippen molar-refractivity contribution in [3.8, 4) is 5.75 Å². The smallest absolute Gasteiger partial charge is 0.317 e. The number of urea groups is 1. The number of nitrogens with one attached hydrogen (secondary N) is 1. The molecule has 2 amide bonds. The van der Waals surface area contributed by atoms with E-state index >= 15 is 0 Å². The molecule has 6 nitrogen and oxygen atoms in total. The molecule has 0 saturated carbocycles. The number of methoxy groups -OCH3 is 1. The molecule has 0 radical (unpaired) electrons. The first-order chi connectivity index (χ1) is 14.5. The number of piperazine rings is 1. The number of aromatic nitrogens is 1. The Labute approximate surface area is 181 Å². The summed E-state index contributed by atoms with van der Waals surface area (Å²) in [5.74, 6) is 0.846. The SMILES string of the molecule is COc1ccc(CCNC(=O)N2CCN(c3nc4cc(C)cc(C)c4s3)CC2)cc1. The summed E-state index contributed by atoms with van der Waals surface area (Å²) in [6, 6.07) is 12.3. The summed E-state index contributed by atoms with van der Waals surface area (Å²) in [5, 5.41) is 4.10. The lowest BCUT2D eigenvalue weighted by Gasteiger charge is -2.34. The minimum atomic E-state index is 0.0129. The topological polar surface area (TPSA) is 57.7 Å². The molecule has 1 aliphatic rings. The quantitative estimate of drug-likeness (QED) is 0.673. The van der Waals surface area contributed by atoms with E-state index in [1.165, 1.54) is 21.4 Å². The van der Waals surface area contributed by atoms with E-state index in [1.54, 1.807) is 18.4 Å². The molecule has 1 aliphatic heterocycles. The Morgan fingerprint density at radius 2 is 1.87 bits per heavy atom.